The predicted octanol–water partition coefficient (Wildman–Crippen LogP) is 5.05. The first-order chi connectivity index (χ1) is 15.0. The number of halogens is 2. The molecule has 0 fully saturated rings. The second kappa shape index (κ2) is 7.69. The zero-order valence-electron chi connectivity index (χ0n) is 19.1. The summed E-state index contributed by atoms with van der Waals surface area (Å²) in [5.41, 5.74) is 2.95. The molecule has 2 heterocycles. The number of alkyl halides is 2. The van der Waals surface area contributed by atoms with E-state index in [1.165, 1.54) is 19.9 Å². The van der Waals surface area contributed by atoms with Crippen LogP contribution in [0.4, 0.5) is 14.6 Å². The van der Waals surface area contributed by atoms with E-state index in [1.807, 2.05) is 32.0 Å². The third kappa shape index (κ3) is 3.43. The third-order valence-corrected chi connectivity index (χ3v) is 6.21. The number of nitrogens with one attached hydrogen (secondary N) is 1. The van der Waals surface area contributed by atoms with Crippen molar-refractivity contribution in [2.75, 3.05) is 5.32 Å². The SMILES string of the molecule is Cc1nnc(N[C@H](C)c2cccc(C(F)(F)C(C)C)c2)c2cc3c(cc12)n(C)c(=O)n3C. The van der Waals surface area contributed by atoms with Crippen molar-refractivity contribution in [3.8, 4) is 0 Å². The minimum Gasteiger partial charge on any atom is -0.362 e. The van der Waals surface area contributed by atoms with Gasteiger partial charge in [0, 0.05) is 36.3 Å². The van der Waals surface area contributed by atoms with Crippen LogP contribution >= 0.6 is 0 Å². The zero-order valence-corrected chi connectivity index (χ0v) is 19.1. The highest BCUT2D eigenvalue weighted by Crippen LogP contribution is 2.37. The minimum atomic E-state index is -2.91. The summed E-state index contributed by atoms with van der Waals surface area (Å²) in [6, 6.07) is 10.1. The lowest BCUT2D eigenvalue weighted by molar-refractivity contribution is -0.0514. The number of nitrogens with zero attached hydrogens (tertiary/aromatic N) is 4. The molecule has 6 nitrogen and oxygen atoms in total. The van der Waals surface area contributed by atoms with Gasteiger partial charge in [0.2, 0.25) is 0 Å². The molecule has 32 heavy (non-hydrogen) atoms. The smallest absolute Gasteiger partial charge is 0.328 e. The third-order valence-electron chi connectivity index (χ3n) is 6.21. The van der Waals surface area contributed by atoms with Gasteiger partial charge in [-0.3, -0.25) is 9.13 Å². The molecule has 0 spiro atoms. The molecule has 4 rings (SSSR count). The fourth-order valence-electron chi connectivity index (χ4n) is 4.02. The summed E-state index contributed by atoms with van der Waals surface area (Å²) in [6.07, 6.45) is 0. The maximum Gasteiger partial charge on any atom is 0.328 e. The fraction of sp³-hybridized carbons (Fsp3) is 0.375. The number of aromatic nitrogens is 4. The second-order valence-electron chi connectivity index (χ2n) is 8.69. The van der Waals surface area contributed by atoms with Gasteiger partial charge >= 0.3 is 5.69 Å². The first-order valence-corrected chi connectivity index (χ1v) is 10.6. The molecule has 1 N–H and O–H groups in total. The van der Waals surface area contributed by atoms with Crippen molar-refractivity contribution in [1.82, 2.24) is 19.3 Å². The van der Waals surface area contributed by atoms with Crippen LogP contribution in [0.3, 0.4) is 0 Å². The maximum atomic E-state index is 14.5. The Hall–Kier alpha value is -3.29. The van der Waals surface area contributed by atoms with Crippen LogP contribution in [0.1, 0.15) is 43.6 Å². The van der Waals surface area contributed by atoms with Crippen LogP contribution < -0.4 is 11.0 Å². The number of benzene rings is 2. The fourth-order valence-corrected chi connectivity index (χ4v) is 4.02. The first kappa shape index (κ1) is 21.9. The molecule has 0 radical (unpaired) electrons. The number of hydrogen-bond donors (Lipinski definition) is 1. The summed E-state index contributed by atoms with van der Waals surface area (Å²) in [4.78, 5) is 12.4. The van der Waals surface area contributed by atoms with E-state index >= 15 is 0 Å². The average molecular weight is 440 g/mol. The van der Waals surface area contributed by atoms with Crippen molar-refractivity contribution in [2.24, 2.45) is 20.0 Å². The monoisotopic (exact) mass is 439 g/mol. The number of rotatable bonds is 5. The van der Waals surface area contributed by atoms with Crippen molar-refractivity contribution in [3.05, 3.63) is 63.7 Å². The average Bonchev–Trinajstić information content (AvgIpc) is 2.98. The highest BCUT2D eigenvalue weighted by atomic mass is 19.3. The van der Waals surface area contributed by atoms with Crippen molar-refractivity contribution in [2.45, 2.75) is 39.7 Å². The highest BCUT2D eigenvalue weighted by molar-refractivity contribution is 6.01. The molecule has 0 aliphatic carbocycles. The molecular formula is C24H27F2N5O. The number of aryl methyl sites for hydroxylation is 3. The molecular weight excluding hydrogens is 412 g/mol. The van der Waals surface area contributed by atoms with Gasteiger partial charge in [0.1, 0.15) is 0 Å². The van der Waals surface area contributed by atoms with Crippen LogP contribution in [0.5, 0.6) is 0 Å². The molecule has 0 bridgehead atoms. The Balaban J connectivity index is 1.78. The summed E-state index contributed by atoms with van der Waals surface area (Å²) < 4.78 is 32.3. The molecule has 0 aliphatic heterocycles. The standard InChI is InChI=1S/C24H27F2N5O/c1-13(2)24(25,26)17-9-7-8-16(10-17)14(3)27-22-19-12-21-20(30(5)23(32)31(21)6)11-18(19)15(4)28-29-22/h7-14H,1-6H3,(H,27,29)/t14-/m1/s1. The van der Waals surface area contributed by atoms with Crippen LogP contribution in [0.15, 0.2) is 41.2 Å². The lowest BCUT2D eigenvalue weighted by atomic mass is 9.95. The Morgan fingerprint density at radius 3 is 2.22 bits per heavy atom. The molecule has 0 saturated heterocycles. The van der Waals surface area contributed by atoms with Gasteiger partial charge in [0.05, 0.1) is 22.8 Å². The van der Waals surface area contributed by atoms with Crippen molar-refractivity contribution in [1.29, 1.82) is 0 Å². The molecule has 2 aromatic carbocycles. The molecule has 4 aromatic rings. The van der Waals surface area contributed by atoms with Gasteiger partial charge in [-0.15, -0.1) is 5.10 Å². The van der Waals surface area contributed by atoms with E-state index in [0.717, 1.165) is 33.1 Å². The summed E-state index contributed by atoms with van der Waals surface area (Å²) in [5, 5.41) is 13.6. The summed E-state index contributed by atoms with van der Waals surface area (Å²) >= 11 is 0. The summed E-state index contributed by atoms with van der Waals surface area (Å²) in [5.74, 6) is -3.17. The van der Waals surface area contributed by atoms with Crippen LogP contribution in [-0.2, 0) is 20.0 Å². The Labute approximate surface area is 184 Å². The molecule has 8 heteroatoms. The Morgan fingerprint density at radius 2 is 1.59 bits per heavy atom. The first-order valence-electron chi connectivity index (χ1n) is 10.6. The van der Waals surface area contributed by atoms with Gasteiger partial charge in [-0.2, -0.15) is 5.10 Å². The Bertz CT molecular complexity index is 1390. The Morgan fingerprint density at radius 1 is 0.969 bits per heavy atom. The highest BCUT2D eigenvalue weighted by Gasteiger charge is 2.35. The molecule has 0 saturated carbocycles. The van der Waals surface area contributed by atoms with Gasteiger partial charge in [0.15, 0.2) is 5.82 Å². The number of anilines is 1. The van der Waals surface area contributed by atoms with E-state index < -0.39 is 11.8 Å². The predicted molar refractivity (Wildman–Crippen MR) is 123 cm³/mol. The van der Waals surface area contributed by atoms with Crippen molar-refractivity contribution in [3.63, 3.8) is 0 Å². The van der Waals surface area contributed by atoms with E-state index in [1.54, 1.807) is 35.4 Å². The van der Waals surface area contributed by atoms with E-state index in [-0.39, 0.29) is 17.3 Å². The molecule has 0 unspecified atom stereocenters. The topological polar surface area (TPSA) is 64.7 Å². The Kier molecular flexibility index (Phi) is 5.27. The second-order valence-corrected chi connectivity index (χ2v) is 8.69. The molecule has 2 aromatic heterocycles. The van der Waals surface area contributed by atoms with Crippen LogP contribution in [0.25, 0.3) is 21.8 Å². The van der Waals surface area contributed by atoms with Gasteiger partial charge in [0.25, 0.3) is 5.92 Å². The minimum absolute atomic E-state index is 0.000470. The molecule has 0 amide bonds. The van der Waals surface area contributed by atoms with Gasteiger partial charge in [-0.1, -0.05) is 32.0 Å². The lowest BCUT2D eigenvalue weighted by Crippen LogP contribution is -2.21. The van der Waals surface area contributed by atoms with Gasteiger partial charge in [-0.25, -0.2) is 13.6 Å². The zero-order chi connectivity index (χ0) is 23.4. The van der Waals surface area contributed by atoms with E-state index in [9.17, 15) is 13.6 Å². The van der Waals surface area contributed by atoms with Crippen molar-refractivity contribution >= 4 is 27.6 Å². The van der Waals surface area contributed by atoms with E-state index in [0.29, 0.717) is 5.82 Å². The van der Waals surface area contributed by atoms with Crippen LogP contribution in [-0.4, -0.2) is 19.3 Å². The van der Waals surface area contributed by atoms with E-state index in [2.05, 4.69) is 15.5 Å². The number of fused-ring (bicyclic) bond motifs is 2. The van der Waals surface area contributed by atoms with Gasteiger partial charge < -0.3 is 5.32 Å². The quantitative estimate of drug-likeness (QED) is 0.473. The summed E-state index contributed by atoms with van der Waals surface area (Å²) in [7, 11) is 3.47. The van der Waals surface area contributed by atoms with Crippen molar-refractivity contribution < 1.29 is 8.78 Å². The maximum absolute atomic E-state index is 14.5. The normalized spacial score (nSPS) is 13.3. The molecule has 0 aliphatic rings. The van der Waals surface area contributed by atoms with Crippen LogP contribution in [0.2, 0.25) is 0 Å². The van der Waals surface area contributed by atoms with Gasteiger partial charge in [-0.05, 0) is 37.6 Å². The van der Waals surface area contributed by atoms with E-state index in [4.69, 9.17) is 0 Å². The van der Waals surface area contributed by atoms with Crippen LogP contribution in [0, 0.1) is 12.8 Å². The summed E-state index contributed by atoms with van der Waals surface area (Å²) in [6.45, 7) is 6.80. The number of hydrogen-bond acceptors (Lipinski definition) is 4. The lowest BCUT2D eigenvalue weighted by Gasteiger charge is -2.23. The largest absolute Gasteiger partial charge is 0.362 e. The number of imidazole rings is 1. The molecule has 168 valence electrons. The molecule has 1 atom stereocenters.